The van der Waals surface area contributed by atoms with E-state index in [1.807, 2.05) is 0 Å². The van der Waals surface area contributed by atoms with Crippen molar-refractivity contribution in [2.45, 2.75) is 18.0 Å². The van der Waals surface area contributed by atoms with E-state index in [0.717, 1.165) is 23.4 Å². The van der Waals surface area contributed by atoms with E-state index >= 15 is 0 Å². The number of carbonyl (C=O) groups excluding carboxylic acids is 2. The first-order valence-electron chi connectivity index (χ1n) is 8.10. The van der Waals surface area contributed by atoms with Gasteiger partial charge in [0.1, 0.15) is 26.4 Å². The molecule has 1 fully saturated rings. The Labute approximate surface area is 153 Å². The Morgan fingerprint density at radius 1 is 1.33 bits per heavy atom. The van der Waals surface area contributed by atoms with E-state index in [9.17, 15) is 22.8 Å². The van der Waals surface area contributed by atoms with Crippen LogP contribution >= 0.6 is 0 Å². The monoisotopic (exact) mass is 372 g/mol. The highest BCUT2D eigenvalue weighted by Crippen LogP contribution is 2.54. The lowest BCUT2D eigenvalue weighted by molar-refractivity contribution is -0.117. The lowest BCUT2D eigenvalue weighted by Gasteiger charge is -2.34. The van der Waals surface area contributed by atoms with Crippen LogP contribution in [0.3, 0.4) is 0 Å². The molecule has 1 unspecified atom stereocenters. The molecule has 10 heteroatoms. The summed E-state index contributed by atoms with van der Waals surface area (Å²) in [6.07, 6.45) is 0.612. The maximum atomic E-state index is 14.4. The number of hydrogen-bond acceptors (Lipinski definition) is 4. The third-order valence-corrected chi connectivity index (χ3v) is 4.81. The number of rotatable bonds is 3. The summed E-state index contributed by atoms with van der Waals surface area (Å²) in [6.45, 7) is -0.516. The molecule has 2 aromatic rings. The summed E-state index contributed by atoms with van der Waals surface area (Å²) in [5.74, 6) is -3.05. The average Bonchev–Trinajstić information content (AvgIpc) is 3.24. The number of benzene rings is 1. The molecule has 0 bridgehead atoms. The molecule has 1 aromatic heterocycles. The second-order valence-electron chi connectivity index (χ2n) is 6.69. The number of aromatic nitrogens is 2. The number of nitrogens with one attached hydrogen (secondary N) is 1. The zero-order valence-corrected chi connectivity index (χ0v) is 13.9. The van der Waals surface area contributed by atoms with Crippen molar-refractivity contribution in [2.75, 3.05) is 18.4 Å². The van der Waals surface area contributed by atoms with Crippen molar-refractivity contribution in [2.24, 2.45) is 0 Å². The molecule has 136 valence electrons. The molecule has 1 saturated carbocycles. The number of amides is 2. The summed E-state index contributed by atoms with van der Waals surface area (Å²) in [6, 6.07) is 2.41. The van der Waals surface area contributed by atoms with Gasteiger partial charge in [-0.25, -0.2) is 23.1 Å². The Hall–Kier alpha value is -2.91. The van der Waals surface area contributed by atoms with Gasteiger partial charge < -0.3 is 4.90 Å². The van der Waals surface area contributed by atoms with Crippen molar-refractivity contribution < 1.29 is 22.8 Å². The van der Waals surface area contributed by atoms with Crippen molar-refractivity contribution >= 4 is 31.1 Å². The highest BCUT2D eigenvalue weighted by molar-refractivity contribution is 6.32. The van der Waals surface area contributed by atoms with E-state index in [0.29, 0.717) is 0 Å². The summed E-state index contributed by atoms with van der Waals surface area (Å²) in [7, 11) is 5.64. The van der Waals surface area contributed by atoms with E-state index in [1.54, 1.807) is 0 Å². The number of hydrogen-bond donors (Lipinski definition) is 1. The summed E-state index contributed by atoms with van der Waals surface area (Å²) in [4.78, 5) is 33.1. The maximum absolute atomic E-state index is 14.4. The van der Waals surface area contributed by atoms with Crippen LogP contribution in [0.25, 0.3) is 0 Å². The molecule has 0 saturated heterocycles. The summed E-state index contributed by atoms with van der Waals surface area (Å²) in [5, 5.41) is 2.31. The van der Waals surface area contributed by atoms with Crippen LogP contribution in [0.15, 0.2) is 24.5 Å². The number of anilines is 1. The summed E-state index contributed by atoms with van der Waals surface area (Å²) < 4.78 is 41.3. The van der Waals surface area contributed by atoms with Crippen LogP contribution in [0.2, 0.25) is 0 Å². The molecule has 1 spiro atoms. The fourth-order valence-corrected chi connectivity index (χ4v) is 3.44. The molecule has 1 N–H and O–H groups in total. The van der Waals surface area contributed by atoms with Crippen molar-refractivity contribution in [3.8, 4) is 0 Å². The van der Waals surface area contributed by atoms with Crippen LogP contribution in [-0.4, -0.2) is 53.8 Å². The van der Waals surface area contributed by atoms with Gasteiger partial charge in [-0.2, -0.15) is 0 Å². The van der Waals surface area contributed by atoms with Crippen LogP contribution in [0.5, 0.6) is 0 Å². The fraction of sp³-hybridized carbons (Fsp3) is 0.294. The molecule has 4 rings (SSSR count). The lowest BCUT2D eigenvalue weighted by atomic mass is 9.81. The van der Waals surface area contributed by atoms with Crippen molar-refractivity contribution in [3.05, 3.63) is 47.3 Å². The Bertz CT molecular complexity index is 956. The van der Waals surface area contributed by atoms with Gasteiger partial charge in [0.2, 0.25) is 11.9 Å². The highest BCUT2D eigenvalue weighted by atomic mass is 19.1. The number of carbonyl (C=O) groups is 2. The molecule has 2 radical (unpaired) electrons. The largest absolute Gasteiger partial charge is 0.328 e. The number of nitrogens with zero attached hydrogens (tertiary/aromatic N) is 3. The van der Waals surface area contributed by atoms with Crippen LogP contribution < -0.4 is 10.8 Å². The fourth-order valence-electron chi connectivity index (χ4n) is 3.44. The number of fused-ring (bicyclic) bond motifs is 2. The van der Waals surface area contributed by atoms with Crippen LogP contribution in [0, 0.1) is 11.6 Å². The molecular formula is C17H12BF3N4O2. The van der Waals surface area contributed by atoms with Gasteiger partial charge in [-0.1, -0.05) is 11.5 Å². The molecule has 1 aliphatic carbocycles. The van der Waals surface area contributed by atoms with E-state index in [4.69, 9.17) is 7.85 Å². The third kappa shape index (κ3) is 2.94. The summed E-state index contributed by atoms with van der Waals surface area (Å²) in [5.41, 5.74) is -0.957. The van der Waals surface area contributed by atoms with Gasteiger partial charge in [-0.15, -0.1) is 0 Å². The van der Waals surface area contributed by atoms with Gasteiger partial charge in [0.15, 0.2) is 5.82 Å². The number of alkyl halides is 1. The van der Waals surface area contributed by atoms with Gasteiger partial charge >= 0.3 is 0 Å². The van der Waals surface area contributed by atoms with Crippen LogP contribution in [0.1, 0.15) is 22.3 Å². The van der Waals surface area contributed by atoms with Crippen molar-refractivity contribution in [1.82, 2.24) is 14.9 Å². The normalized spacial score (nSPS) is 23.3. The van der Waals surface area contributed by atoms with Crippen LogP contribution in [-0.2, 0) is 10.2 Å². The average molecular weight is 372 g/mol. The predicted molar refractivity (Wildman–Crippen MR) is 89.5 cm³/mol. The zero-order valence-electron chi connectivity index (χ0n) is 13.9. The molecule has 2 heterocycles. The lowest BCUT2D eigenvalue weighted by Crippen LogP contribution is -2.48. The molecule has 1 aromatic carbocycles. The maximum Gasteiger partial charge on any atom is 0.257 e. The highest BCUT2D eigenvalue weighted by Gasteiger charge is 2.61. The molecular weight excluding hydrogens is 360 g/mol. The van der Waals surface area contributed by atoms with Gasteiger partial charge in [0, 0.05) is 12.0 Å². The quantitative estimate of drug-likeness (QED) is 0.802. The molecule has 2 aliphatic rings. The molecule has 1 aliphatic heterocycles. The Morgan fingerprint density at radius 3 is 2.63 bits per heavy atom. The first-order valence-corrected chi connectivity index (χ1v) is 8.10. The minimum absolute atomic E-state index is 0.0689. The first-order chi connectivity index (χ1) is 12.8. The third-order valence-electron chi connectivity index (χ3n) is 4.81. The van der Waals surface area contributed by atoms with Gasteiger partial charge in [0.05, 0.1) is 18.0 Å². The molecule has 27 heavy (non-hydrogen) atoms. The molecule has 2 atom stereocenters. The van der Waals surface area contributed by atoms with Crippen LogP contribution in [0.4, 0.5) is 19.1 Å². The van der Waals surface area contributed by atoms with E-state index < -0.39 is 41.6 Å². The topological polar surface area (TPSA) is 75.2 Å². The van der Waals surface area contributed by atoms with E-state index in [2.05, 4.69) is 15.3 Å². The molecule has 6 nitrogen and oxygen atoms in total. The second kappa shape index (κ2) is 6.07. The Balaban J connectivity index is 1.58. The predicted octanol–water partition coefficient (Wildman–Crippen LogP) is 0.623. The van der Waals surface area contributed by atoms with Crippen molar-refractivity contribution in [1.29, 1.82) is 0 Å². The Morgan fingerprint density at radius 2 is 2.00 bits per heavy atom. The smallest absolute Gasteiger partial charge is 0.257 e. The van der Waals surface area contributed by atoms with E-state index in [-0.39, 0.29) is 35.5 Å². The summed E-state index contributed by atoms with van der Waals surface area (Å²) >= 11 is 0. The van der Waals surface area contributed by atoms with Crippen molar-refractivity contribution in [3.63, 3.8) is 0 Å². The minimum atomic E-state index is -1.25. The number of halogens is 3. The first kappa shape index (κ1) is 17.5. The van der Waals surface area contributed by atoms with Gasteiger partial charge in [0.25, 0.3) is 5.91 Å². The minimum Gasteiger partial charge on any atom is -0.328 e. The van der Waals surface area contributed by atoms with Gasteiger partial charge in [-0.05, 0) is 18.1 Å². The second-order valence-corrected chi connectivity index (χ2v) is 6.69. The molecule has 2 amide bonds. The standard InChI is InChI=1S/C17H12BF3N4O2/c18-8-1-10-14(11(20)2-8)15(27)25(7-17(10)3-12(17)21)6-13(26)24-16-22-4-9(19)5-23-16/h1-2,4-5,12H,3,6-7H2,(H,22,23,24,26)/t12?,17-/m0/s1. The zero-order chi connectivity index (χ0) is 19.3. The Kier molecular flexibility index (Phi) is 3.94. The van der Waals surface area contributed by atoms with E-state index in [1.165, 1.54) is 6.07 Å². The SMILES string of the molecule is [B]c1cc(F)c2c(c1)[C@]1(CC1F)CN(CC(=O)Nc1ncc(F)cn1)C2=O. The van der Waals surface area contributed by atoms with Gasteiger partial charge in [-0.3, -0.25) is 14.9 Å².